The van der Waals surface area contributed by atoms with Gasteiger partial charge in [0.2, 0.25) is 20.0 Å². The molecule has 0 fully saturated rings. The van der Waals surface area contributed by atoms with Crippen LogP contribution >= 0.6 is 0 Å². The van der Waals surface area contributed by atoms with Crippen molar-refractivity contribution in [3.8, 4) is 0 Å². The average Bonchev–Trinajstić information content (AvgIpc) is 2.55. The maximum atomic E-state index is 12.4. The minimum absolute atomic E-state index is 0.0570. The molecule has 0 aliphatic heterocycles. The number of hydrogen-bond acceptors (Lipinski definition) is 4. The Kier molecular flexibility index (Phi) is 5.76. The molecule has 0 amide bonds. The van der Waals surface area contributed by atoms with Crippen LogP contribution in [-0.2, 0) is 26.5 Å². The van der Waals surface area contributed by atoms with Gasteiger partial charge in [0.05, 0.1) is 9.79 Å². The van der Waals surface area contributed by atoms with Gasteiger partial charge in [-0.15, -0.1) is 0 Å². The van der Waals surface area contributed by atoms with E-state index in [0.717, 1.165) is 9.87 Å². The first-order valence-corrected chi connectivity index (χ1v) is 10.2. The van der Waals surface area contributed by atoms with Crippen LogP contribution in [0, 0.1) is 0 Å². The van der Waals surface area contributed by atoms with Crippen molar-refractivity contribution in [2.75, 3.05) is 20.6 Å². The second-order valence-corrected chi connectivity index (χ2v) is 9.31. The Bertz CT molecular complexity index is 893. The molecule has 0 atom stereocenters. The summed E-state index contributed by atoms with van der Waals surface area (Å²) in [4.78, 5) is -0.128. The van der Waals surface area contributed by atoms with Crippen LogP contribution in [-0.4, -0.2) is 41.8 Å². The quantitative estimate of drug-likeness (QED) is 0.802. The van der Waals surface area contributed by atoms with E-state index >= 15 is 0 Å². The zero-order valence-corrected chi connectivity index (χ0v) is 15.1. The van der Waals surface area contributed by atoms with Crippen molar-refractivity contribution in [2.24, 2.45) is 0 Å². The molecule has 0 heterocycles. The number of hydrogen-bond donors (Lipinski definition) is 1. The summed E-state index contributed by atoms with van der Waals surface area (Å²) in [5, 5.41) is 0. The lowest BCUT2D eigenvalue weighted by Crippen LogP contribution is -2.27. The standard InChI is InChI=1S/C16H20N2O4S2/c1-18(2)24(21,22)16-10-6-9-15(13-16)23(19,20)17-12-11-14-7-4-3-5-8-14/h3-10,13,17H,11-12H2,1-2H3. The summed E-state index contributed by atoms with van der Waals surface area (Å²) in [7, 11) is -4.66. The van der Waals surface area contributed by atoms with Crippen LogP contribution < -0.4 is 4.72 Å². The van der Waals surface area contributed by atoms with E-state index in [0.29, 0.717) is 6.42 Å². The maximum Gasteiger partial charge on any atom is 0.242 e. The summed E-state index contributed by atoms with van der Waals surface area (Å²) >= 11 is 0. The third-order valence-corrected chi connectivity index (χ3v) is 6.71. The van der Waals surface area contributed by atoms with Gasteiger partial charge in [0.25, 0.3) is 0 Å². The fourth-order valence-corrected chi connectivity index (χ4v) is 4.17. The van der Waals surface area contributed by atoms with E-state index in [1.807, 2.05) is 30.3 Å². The smallest absolute Gasteiger partial charge is 0.211 e. The lowest BCUT2D eigenvalue weighted by molar-refractivity contribution is 0.520. The second kappa shape index (κ2) is 7.43. The van der Waals surface area contributed by atoms with E-state index in [-0.39, 0.29) is 16.3 Å². The van der Waals surface area contributed by atoms with Gasteiger partial charge in [0.1, 0.15) is 0 Å². The van der Waals surface area contributed by atoms with E-state index in [1.165, 1.54) is 38.4 Å². The molecule has 130 valence electrons. The van der Waals surface area contributed by atoms with Gasteiger partial charge in [-0.2, -0.15) is 0 Å². The van der Waals surface area contributed by atoms with E-state index < -0.39 is 20.0 Å². The van der Waals surface area contributed by atoms with Gasteiger partial charge in [-0.3, -0.25) is 0 Å². The number of nitrogens with zero attached hydrogens (tertiary/aromatic N) is 1. The number of sulfonamides is 2. The van der Waals surface area contributed by atoms with Gasteiger partial charge in [-0.25, -0.2) is 25.9 Å². The van der Waals surface area contributed by atoms with Crippen molar-refractivity contribution in [3.05, 3.63) is 60.2 Å². The topological polar surface area (TPSA) is 83.6 Å². The minimum Gasteiger partial charge on any atom is -0.211 e. The van der Waals surface area contributed by atoms with Crippen LogP contribution in [0.5, 0.6) is 0 Å². The largest absolute Gasteiger partial charge is 0.242 e. The molecule has 0 saturated carbocycles. The summed E-state index contributed by atoms with van der Waals surface area (Å²) in [6.07, 6.45) is 0.551. The van der Waals surface area contributed by atoms with Crippen LogP contribution in [0.4, 0.5) is 0 Å². The Labute approximate surface area is 143 Å². The molecule has 1 N–H and O–H groups in total. The summed E-state index contributed by atoms with van der Waals surface area (Å²) in [5.74, 6) is 0. The molecular formula is C16H20N2O4S2. The molecule has 8 heteroatoms. The van der Waals surface area contributed by atoms with E-state index in [2.05, 4.69) is 4.72 Å². The molecule has 0 radical (unpaired) electrons. The zero-order valence-electron chi connectivity index (χ0n) is 13.5. The van der Waals surface area contributed by atoms with Crippen LogP contribution in [0.2, 0.25) is 0 Å². The Morgan fingerprint density at radius 3 is 2.12 bits per heavy atom. The molecular weight excluding hydrogens is 348 g/mol. The van der Waals surface area contributed by atoms with Gasteiger partial charge in [0.15, 0.2) is 0 Å². The van der Waals surface area contributed by atoms with Crippen molar-refractivity contribution < 1.29 is 16.8 Å². The summed E-state index contributed by atoms with van der Waals surface area (Å²) in [6.45, 7) is 0.233. The number of rotatable bonds is 7. The highest BCUT2D eigenvalue weighted by molar-refractivity contribution is 7.90. The Morgan fingerprint density at radius 1 is 0.875 bits per heavy atom. The molecule has 2 aromatic rings. The van der Waals surface area contributed by atoms with E-state index in [9.17, 15) is 16.8 Å². The van der Waals surface area contributed by atoms with Gasteiger partial charge >= 0.3 is 0 Å². The predicted molar refractivity (Wildman–Crippen MR) is 92.6 cm³/mol. The first-order valence-electron chi connectivity index (χ1n) is 7.30. The van der Waals surface area contributed by atoms with Crippen LogP contribution in [0.3, 0.4) is 0 Å². The zero-order chi connectivity index (χ0) is 17.8. The monoisotopic (exact) mass is 368 g/mol. The Morgan fingerprint density at radius 2 is 1.50 bits per heavy atom. The summed E-state index contributed by atoms with van der Waals surface area (Å²) < 4.78 is 52.5. The Balaban J connectivity index is 2.15. The van der Waals surface area contributed by atoms with Crippen molar-refractivity contribution in [1.29, 1.82) is 0 Å². The molecule has 0 aliphatic rings. The summed E-state index contributed by atoms with van der Waals surface area (Å²) in [6, 6.07) is 14.8. The van der Waals surface area contributed by atoms with Gasteiger partial charge in [0, 0.05) is 20.6 Å². The highest BCUT2D eigenvalue weighted by Crippen LogP contribution is 2.18. The molecule has 0 saturated heterocycles. The normalized spacial score (nSPS) is 12.5. The summed E-state index contributed by atoms with van der Waals surface area (Å²) in [5.41, 5.74) is 1.02. The first-order chi connectivity index (χ1) is 11.2. The molecule has 0 aromatic heterocycles. The van der Waals surface area contributed by atoms with Crippen molar-refractivity contribution in [3.63, 3.8) is 0 Å². The molecule has 0 unspecified atom stereocenters. The number of nitrogens with one attached hydrogen (secondary N) is 1. The van der Waals surface area contributed by atoms with Crippen LogP contribution in [0.25, 0.3) is 0 Å². The van der Waals surface area contributed by atoms with E-state index in [1.54, 1.807) is 0 Å². The number of benzene rings is 2. The molecule has 6 nitrogen and oxygen atoms in total. The lowest BCUT2D eigenvalue weighted by atomic mass is 10.2. The minimum atomic E-state index is -3.77. The highest BCUT2D eigenvalue weighted by atomic mass is 32.2. The molecule has 0 aliphatic carbocycles. The third-order valence-electron chi connectivity index (χ3n) is 3.44. The molecule has 0 bridgehead atoms. The Hall–Kier alpha value is -1.74. The fourth-order valence-electron chi connectivity index (χ4n) is 2.07. The molecule has 2 rings (SSSR count). The van der Waals surface area contributed by atoms with Crippen LogP contribution in [0.15, 0.2) is 64.4 Å². The molecule has 24 heavy (non-hydrogen) atoms. The van der Waals surface area contributed by atoms with Crippen molar-refractivity contribution >= 4 is 20.0 Å². The first kappa shape index (κ1) is 18.6. The van der Waals surface area contributed by atoms with Crippen molar-refractivity contribution in [1.82, 2.24) is 9.03 Å². The maximum absolute atomic E-state index is 12.4. The van der Waals surface area contributed by atoms with Crippen molar-refractivity contribution in [2.45, 2.75) is 16.2 Å². The predicted octanol–water partition coefficient (Wildman–Crippen LogP) is 1.46. The fraction of sp³-hybridized carbons (Fsp3) is 0.250. The molecule has 2 aromatic carbocycles. The lowest BCUT2D eigenvalue weighted by Gasteiger charge is -2.13. The van der Waals surface area contributed by atoms with Gasteiger partial charge in [-0.05, 0) is 30.2 Å². The van der Waals surface area contributed by atoms with Gasteiger partial charge < -0.3 is 0 Å². The van der Waals surface area contributed by atoms with Crippen LogP contribution in [0.1, 0.15) is 5.56 Å². The third kappa shape index (κ3) is 4.41. The SMILES string of the molecule is CN(C)S(=O)(=O)c1cccc(S(=O)(=O)NCCc2ccccc2)c1. The van der Waals surface area contributed by atoms with Gasteiger partial charge in [-0.1, -0.05) is 36.4 Å². The molecule has 0 spiro atoms. The second-order valence-electron chi connectivity index (χ2n) is 5.40. The highest BCUT2D eigenvalue weighted by Gasteiger charge is 2.21. The average molecular weight is 368 g/mol. The van der Waals surface area contributed by atoms with E-state index in [4.69, 9.17) is 0 Å².